The number of hydrogen-bond donors (Lipinski definition) is 1. The van der Waals surface area contributed by atoms with E-state index in [0.29, 0.717) is 23.5 Å². The van der Waals surface area contributed by atoms with Gasteiger partial charge in [-0.15, -0.1) is 0 Å². The number of benzene rings is 1. The molecule has 1 aromatic carbocycles. The van der Waals surface area contributed by atoms with Crippen molar-refractivity contribution in [1.29, 1.82) is 0 Å². The van der Waals surface area contributed by atoms with Crippen LogP contribution in [-0.4, -0.2) is 59.5 Å². The molecular weight excluding hydrogens is 410 g/mol. The Kier molecular flexibility index (Phi) is 5.85. The summed E-state index contributed by atoms with van der Waals surface area (Å²) in [6.45, 7) is 6.01. The van der Waals surface area contributed by atoms with Crippen LogP contribution in [0, 0.1) is 0 Å². The van der Waals surface area contributed by atoms with Crippen LogP contribution in [0.5, 0.6) is 0 Å². The lowest BCUT2D eigenvalue weighted by Crippen LogP contribution is -2.51. The molecule has 1 aromatic heterocycles. The number of aryl methyl sites for hydroxylation is 1. The van der Waals surface area contributed by atoms with Crippen molar-refractivity contribution in [2.75, 3.05) is 37.6 Å². The maximum atomic E-state index is 13.5. The van der Waals surface area contributed by atoms with Crippen molar-refractivity contribution in [2.24, 2.45) is 0 Å². The summed E-state index contributed by atoms with van der Waals surface area (Å²) in [5.74, 6) is 1.62. The smallest absolute Gasteiger partial charge is 0.231 e. The Morgan fingerprint density at radius 2 is 1.87 bits per heavy atom. The topological polar surface area (TPSA) is 61.4 Å². The third-order valence-electron chi connectivity index (χ3n) is 6.90. The van der Waals surface area contributed by atoms with Gasteiger partial charge in [-0.3, -0.25) is 4.79 Å². The second-order valence-electron chi connectivity index (χ2n) is 9.10. The molecule has 31 heavy (non-hydrogen) atoms. The molecule has 164 valence electrons. The molecule has 2 atom stereocenters. The van der Waals surface area contributed by atoms with Crippen LogP contribution in [0.15, 0.2) is 30.6 Å². The zero-order chi connectivity index (χ0) is 21.4. The lowest BCUT2D eigenvalue weighted by Gasteiger charge is -2.38. The third-order valence-corrected chi connectivity index (χ3v) is 7.15. The number of hydrogen-bond acceptors (Lipinski definition) is 5. The molecule has 2 fully saturated rings. The predicted octanol–water partition coefficient (Wildman–Crippen LogP) is 3.36. The van der Waals surface area contributed by atoms with E-state index >= 15 is 0 Å². The van der Waals surface area contributed by atoms with Crippen molar-refractivity contribution in [2.45, 2.75) is 50.5 Å². The maximum Gasteiger partial charge on any atom is 0.231 e. The Morgan fingerprint density at radius 1 is 1.13 bits per heavy atom. The molecule has 0 spiro atoms. The van der Waals surface area contributed by atoms with Crippen LogP contribution in [0.3, 0.4) is 0 Å². The SMILES string of the molecule is CC1CCc2ncnc(N3CCN(C(=O)[C@H](CNC4CC4)c4ccc(Cl)cc4)CC3)c21. The number of nitrogens with one attached hydrogen (secondary N) is 1. The summed E-state index contributed by atoms with van der Waals surface area (Å²) >= 11 is 6.08. The summed E-state index contributed by atoms with van der Waals surface area (Å²) in [6.07, 6.45) is 6.31. The van der Waals surface area contributed by atoms with Crippen LogP contribution < -0.4 is 10.2 Å². The lowest BCUT2D eigenvalue weighted by molar-refractivity contribution is -0.133. The Balaban J connectivity index is 1.28. The molecule has 1 unspecified atom stereocenters. The van der Waals surface area contributed by atoms with Crippen LogP contribution in [0.4, 0.5) is 5.82 Å². The molecule has 6 nitrogen and oxygen atoms in total. The zero-order valence-electron chi connectivity index (χ0n) is 18.1. The van der Waals surface area contributed by atoms with Gasteiger partial charge < -0.3 is 15.1 Å². The van der Waals surface area contributed by atoms with Gasteiger partial charge in [-0.1, -0.05) is 30.7 Å². The molecule has 7 heteroatoms. The highest BCUT2D eigenvalue weighted by atomic mass is 35.5. The van der Waals surface area contributed by atoms with Gasteiger partial charge in [0.2, 0.25) is 5.91 Å². The van der Waals surface area contributed by atoms with E-state index in [1.165, 1.54) is 24.1 Å². The van der Waals surface area contributed by atoms with Crippen molar-refractivity contribution in [1.82, 2.24) is 20.2 Å². The second kappa shape index (κ2) is 8.75. The quantitative estimate of drug-likeness (QED) is 0.747. The Morgan fingerprint density at radius 3 is 2.58 bits per heavy atom. The van der Waals surface area contributed by atoms with E-state index in [-0.39, 0.29) is 11.8 Å². The average Bonchev–Trinajstić information content (AvgIpc) is 3.55. The highest BCUT2D eigenvalue weighted by Gasteiger charge is 2.33. The van der Waals surface area contributed by atoms with E-state index in [1.807, 2.05) is 29.2 Å². The number of nitrogens with zero attached hydrogens (tertiary/aromatic N) is 4. The molecular formula is C24H30ClN5O. The molecule has 1 saturated carbocycles. The first-order valence-corrected chi connectivity index (χ1v) is 11.8. The summed E-state index contributed by atoms with van der Waals surface area (Å²) in [5, 5.41) is 4.25. The van der Waals surface area contributed by atoms with Crippen LogP contribution >= 0.6 is 11.6 Å². The molecule has 0 bridgehead atoms. The minimum Gasteiger partial charge on any atom is -0.353 e. The average molecular weight is 440 g/mol. The van der Waals surface area contributed by atoms with Crippen LogP contribution in [0.25, 0.3) is 0 Å². The van der Waals surface area contributed by atoms with E-state index in [9.17, 15) is 4.79 Å². The second-order valence-corrected chi connectivity index (χ2v) is 9.53. The summed E-state index contributed by atoms with van der Waals surface area (Å²) in [7, 11) is 0. The fourth-order valence-electron chi connectivity index (χ4n) is 4.85. The van der Waals surface area contributed by atoms with Crippen LogP contribution in [-0.2, 0) is 11.2 Å². The molecule has 1 amide bonds. The van der Waals surface area contributed by atoms with Gasteiger partial charge in [0.05, 0.1) is 5.92 Å². The standard InChI is InChI=1S/C24H30ClN5O/c1-16-2-9-21-22(16)23(28-15-27-21)29-10-12-30(13-11-29)24(31)20(14-26-19-7-8-19)17-3-5-18(25)6-4-17/h3-6,15-16,19-20,26H,2,7-14H2,1H3/t16?,20-/m1/s1. The van der Waals surface area contributed by atoms with Gasteiger partial charge in [0.1, 0.15) is 12.1 Å². The summed E-state index contributed by atoms with van der Waals surface area (Å²) in [6, 6.07) is 8.30. The fraction of sp³-hybridized carbons (Fsp3) is 0.542. The predicted molar refractivity (Wildman–Crippen MR) is 123 cm³/mol. The zero-order valence-corrected chi connectivity index (χ0v) is 18.8. The summed E-state index contributed by atoms with van der Waals surface area (Å²) in [4.78, 5) is 27.0. The Hall–Kier alpha value is -2.18. The van der Waals surface area contributed by atoms with E-state index < -0.39 is 0 Å². The van der Waals surface area contributed by atoms with E-state index in [1.54, 1.807) is 6.33 Å². The van der Waals surface area contributed by atoms with Gasteiger partial charge in [0, 0.05) is 55.0 Å². The number of carbonyl (C=O) groups is 1. The number of anilines is 1. The molecule has 1 N–H and O–H groups in total. The van der Waals surface area contributed by atoms with E-state index in [2.05, 4.69) is 27.1 Å². The number of amides is 1. The highest BCUT2D eigenvalue weighted by molar-refractivity contribution is 6.30. The number of aromatic nitrogens is 2. The molecule has 1 saturated heterocycles. The molecule has 2 aliphatic carbocycles. The van der Waals surface area contributed by atoms with E-state index in [4.69, 9.17) is 11.6 Å². The van der Waals surface area contributed by atoms with Crippen molar-refractivity contribution in [3.63, 3.8) is 0 Å². The maximum absolute atomic E-state index is 13.5. The molecule has 2 heterocycles. The third kappa shape index (κ3) is 4.41. The molecule has 3 aliphatic rings. The van der Waals surface area contributed by atoms with Crippen molar-refractivity contribution in [3.05, 3.63) is 52.4 Å². The molecule has 5 rings (SSSR count). The first kappa shape index (κ1) is 20.7. The number of halogens is 1. The number of piperazine rings is 1. The number of rotatable bonds is 6. The first-order valence-electron chi connectivity index (χ1n) is 11.5. The lowest BCUT2D eigenvalue weighted by atomic mass is 9.97. The minimum atomic E-state index is -0.173. The van der Waals surface area contributed by atoms with Crippen molar-refractivity contribution >= 4 is 23.3 Å². The van der Waals surface area contributed by atoms with Crippen molar-refractivity contribution in [3.8, 4) is 0 Å². The van der Waals surface area contributed by atoms with Gasteiger partial charge in [-0.2, -0.15) is 0 Å². The minimum absolute atomic E-state index is 0.173. The fourth-order valence-corrected chi connectivity index (χ4v) is 4.97. The van der Waals surface area contributed by atoms with Gasteiger partial charge in [0.25, 0.3) is 0 Å². The van der Waals surface area contributed by atoms with Crippen LogP contribution in [0.1, 0.15) is 54.8 Å². The molecule has 2 aromatic rings. The Bertz CT molecular complexity index is 937. The largest absolute Gasteiger partial charge is 0.353 e. The van der Waals surface area contributed by atoms with Crippen molar-refractivity contribution < 1.29 is 4.79 Å². The monoisotopic (exact) mass is 439 g/mol. The van der Waals surface area contributed by atoms with Gasteiger partial charge in [-0.05, 0) is 49.3 Å². The van der Waals surface area contributed by atoms with Gasteiger partial charge in [-0.25, -0.2) is 9.97 Å². The normalized spacial score (nSPS) is 21.8. The summed E-state index contributed by atoms with van der Waals surface area (Å²) < 4.78 is 0. The number of fused-ring (bicyclic) bond motifs is 1. The van der Waals surface area contributed by atoms with Gasteiger partial charge >= 0.3 is 0 Å². The van der Waals surface area contributed by atoms with Gasteiger partial charge in [0.15, 0.2) is 0 Å². The molecule has 0 radical (unpaired) electrons. The van der Waals surface area contributed by atoms with E-state index in [0.717, 1.165) is 50.4 Å². The van der Waals surface area contributed by atoms with Crippen LogP contribution in [0.2, 0.25) is 5.02 Å². The Labute approximate surface area is 189 Å². The summed E-state index contributed by atoms with van der Waals surface area (Å²) in [5.41, 5.74) is 3.55. The number of carbonyl (C=O) groups excluding carboxylic acids is 1. The first-order chi connectivity index (χ1) is 15.1. The molecule has 1 aliphatic heterocycles. The highest BCUT2D eigenvalue weighted by Crippen LogP contribution is 2.37.